The van der Waals surface area contributed by atoms with Crippen molar-refractivity contribution < 1.29 is 53.1 Å². The Bertz CT molecular complexity index is 1950. The molecule has 7 atom stereocenters. The molecule has 3 N–H and O–H groups in total. The number of carbonyl (C=O) groups is 4. The molecule has 1 amide bonds. The zero-order valence-electron chi connectivity index (χ0n) is 44.2. The maximum absolute atomic E-state index is 13.9. The number of carbonyl (C=O) groups excluding carboxylic acids is 4. The molecule has 12 nitrogen and oxygen atoms in total. The lowest BCUT2D eigenvalue weighted by Gasteiger charge is -2.43. The number of nitrogens with one attached hydrogen (secondary N) is 1. The van der Waals surface area contributed by atoms with E-state index in [-0.39, 0.29) is 30.1 Å². The van der Waals surface area contributed by atoms with Crippen LogP contribution >= 0.6 is 0 Å². The molecule has 3 aromatic rings. The maximum Gasteiger partial charge on any atom is 0.338 e. The summed E-state index contributed by atoms with van der Waals surface area (Å²) in [5.41, 5.74) is 0.694. The van der Waals surface area contributed by atoms with Crippen molar-refractivity contribution in [3.8, 4) is 0 Å². The number of ether oxygens (including phenoxy) is 5. The number of aliphatic hydroxyl groups excluding tert-OH is 2. The fourth-order valence-corrected chi connectivity index (χ4v) is 9.14. The van der Waals surface area contributed by atoms with Gasteiger partial charge in [0.25, 0.3) is 0 Å². The van der Waals surface area contributed by atoms with Gasteiger partial charge in [0.1, 0.15) is 18.3 Å². The summed E-state index contributed by atoms with van der Waals surface area (Å²) in [7, 11) is 0. The van der Waals surface area contributed by atoms with E-state index in [1.807, 2.05) is 6.08 Å². The largest absolute Gasteiger partial charge is 0.452 e. The van der Waals surface area contributed by atoms with Crippen LogP contribution in [0.2, 0.25) is 0 Å². The van der Waals surface area contributed by atoms with Gasteiger partial charge in [-0.05, 0) is 61.7 Å². The van der Waals surface area contributed by atoms with E-state index in [4.69, 9.17) is 23.7 Å². The summed E-state index contributed by atoms with van der Waals surface area (Å²) < 4.78 is 30.6. The Morgan fingerprint density at radius 1 is 0.562 bits per heavy atom. The van der Waals surface area contributed by atoms with Gasteiger partial charge in [-0.1, -0.05) is 216 Å². The van der Waals surface area contributed by atoms with Crippen LogP contribution in [0.15, 0.2) is 103 Å². The van der Waals surface area contributed by atoms with Gasteiger partial charge in [-0.2, -0.15) is 0 Å². The van der Waals surface area contributed by atoms with Crippen molar-refractivity contribution in [2.24, 2.45) is 0 Å². The quantitative estimate of drug-likeness (QED) is 0.0215. The molecule has 12 heteroatoms. The minimum atomic E-state index is -1.64. The first-order chi connectivity index (χ1) is 35.7. The highest BCUT2D eigenvalue weighted by atomic mass is 16.7. The molecular weight excluding hydrogens is 923 g/mol. The lowest BCUT2D eigenvalue weighted by Crippen LogP contribution is -2.62. The number of esters is 3. The van der Waals surface area contributed by atoms with Gasteiger partial charge in [0.2, 0.25) is 5.91 Å². The van der Waals surface area contributed by atoms with E-state index in [0.29, 0.717) is 12.0 Å². The molecule has 4 rings (SSSR count). The molecule has 1 aliphatic heterocycles. The summed E-state index contributed by atoms with van der Waals surface area (Å²) in [5.74, 6) is -2.47. The third-order valence-corrected chi connectivity index (χ3v) is 13.5. The monoisotopic (exact) mass is 1010 g/mol. The molecular formula is C61H89NO11. The molecule has 1 fully saturated rings. The number of hydrogen-bond acceptors (Lipinski definition) is 11. The summed E-state index contributed by atoms with van der Waals surface area (Å²) in [6.45, 7) is 3.45. The molecule has 0 aliphatic carbocycles. The topological polar surface area (TPSA) is 167 Å². The number of rotatable bonds is 39. The predicted octanol–water partition coefficient (Wildman–Crippen LogP) is 13.0. The molecule has 0 radical (unpaired) electrons. The van der Waals surface area contributed by atoms with Gasteiger partial charge in [-0.25, -0.2) is 14.4 Å². The summed E-state index contributed by atoms with van der Waals surface area (Å²) in [6, 6.07) is 24.0. The molecule has 0 bridgehead atoms. The first-order valence-electron chi connectivity index (χ1n) is 28.1. The van der Waals surface area contributed by atoms with E-state index in [1.165, 1.54) is 109 Å². The van der Waals surface area contributed by atoms with Crippen LogP contribution in [0.3, 0.4) is 0 Å². The zero-order valence-corrected chi connectivity index (χ0v) is 44.2. The number of aliphatic hydroxyl groups is 2. The number of unbranched alkanes of at least 4 members (excludes halogenated alkanes) is 23. The molecule has 404 valence electrons. The Labute approximate surface area is 437 Å². The van der Waals surface area contributed by atoms with Gasteiger partial charge in [0, 0.05) is 6.42 Å². The zero-order chi connectivity index (χ0) is 52.1. The second-order valence-corrected chi connectivity index (χ2v) is 19.7. The summed E-state index contributed by atoms with van der Waals surface area (Å²) >= 11 is 0. The molecule has 0 aromatic heterocycles. The van der Waals surface area contributed by atoms with E-state index in [0.717, 1.165) is 44.9 Å². The fraction of sp³-hybridized carbons (Fsp3) is 0.607. The molecule has 1 heterocycles. The van der Waals surface area contributed by atoms with E-state index in [9.17, 15) is 29.4 Å². The van der Waals surface area contributed by atoms with Gasteiger partial charge < -0.3 is 39.2 Å². The number of allylic oxidation sites excluding steroid dienone is 1. The standard InChI is InChI=1S/C61H89NO11/c1-3-5-7-9-11-13-15-17-19-21-23-25-36-44-52(70-58(66)48-38-30-27-31-39-48)51(62-54(64)45-37-26-24-22-20-18-16-14-12-10-8-6-4-2)47-69-61-57(73-60(68)50-42-34-29-35-43-50)56(55(65)53(46-63)71-61)72-59(67)49-40-32-28-33-41-49/h27-36,38-44,51-53,55-57,61,63,65H,3-26,37,45-47H2,1-2H3,(H,62,64)/t51-,52+,53+,55+,56-,57-,61-/m0/s1. The second kappa shape index (κ2) is 37.8. The van der Waals surface area contributed by atoms with Crippen molar-refractivity contribution in [2.45, 2.75) is 224 Å². The average Bonchev–Trinajstić information content (AvgIpc) is 3.41. The Morgan fingerprint density at radius 3 is 1.42 bits per heavy atom. The highest BCUT2D eigenvalue weighted by Crippen LogP contribution is 2.29. The smallest absolute Gasteiger partial charge is 0.338 e. The Kier molecular flexibility index (Phi) is 31.4. The van der Waals surface area contributed by atoms with Gasteiger partial charge >= 0.3 is 17.9 Å². The van der Waals surface area contributed by atoms with Crippen molar-refractivity contribution >= 4 is 23.8 Å². The second-order valence-electron chi connectivity index (χ2n) is 19.7. The van der Waals surface area contributed by atoms with Crippen LogP contribution in [-0.2, 0) is 28.5 Å². The highest BCUT2D eigenvalue weighted by Gasteiger charge is 2.51. The van der Waals surface area contributed by atoms with Crippen molar-refractivity contribution in [1.82, 2.24) is 5.32 Å². The van der Waals surface area contributed by atoms with E-state index in [1.54, 1.807) is 97.1 Å². The lowest BCUT2D eigenvalue weighted by atomic mass is 9.98. The van der Waals surface area contributed by atoms with E-state index >= 15 is 0 Å². The van der Waals surface area contributed by atoms with E-state index < -0.39 is 67.4 Å². The molecule has 0 unspecified atom stereocenters. The number of benzene rings is 3. The van der Waals surface area contributed by atoms with Crippen molar-refractivity contribution in [3.05, 3.63) is 120 Å². The number of hydrogen-bond donors (Lipinski definition) is 3. The van der Waals surface area contributed by atoms with Crippen LogP contribution in [0.4, 0.5) is 0 Å². The number of amides is 1. The lowest BCUT2D eigenvalue weighted by molar-refractivity contribution is -0.300. The molecule has 1 saturated heterocycles. The summed E-state index contributed by atoms with van der Waals surface area (Å²) in [5, 5.41) is 25.1. The fourth-order valence-electron chi connectivity index (χ4n) is 9.14. The van der Waals surface area contributed by atoms with E-state index in [2.05, 4.69) is 19.2 Å². The van der Waals surface area contributed by atoms with Crippen LogP contribution in [0, 0.1) is 0 Å². The minimum Gasteiger partial charge on any atom is -0.452 e. The highest BCUT2D eigenvalue weighted by molar-refractivity contribution is 5.91. The van der Waals surface area contributed by atoms with Gasteiger partial charge in [-0.3, -0.25) is 4.79 Å². The third-order valence-electron chi connectivity index (χ3n) is 13.5. The van der Waals surface area contributed by atoms with Crippen molar-refractivity contribution in [2.75, 3.05) is 13.2 Å². The van der Waals surface area contributed by atoms with Gasteiger partial charge in [-0.15, -0.1) is 0 Å². The molecule has 0 spiro atoms. The normalized spacial score (nSPS) is 18.5. The predicted molar refractivity (Wildman–Crippen MR) is 287 cm³/mol. The van der Waals surface area contributed by atoms with Crippen LogP contribution in [0.25, 0.3) is 0 Å². The van der Waals surface area contributed by atoms with Crippen molar-refractivity contribution in [3.63, 3.8) is 0 Å². The molecule has 73 heavy (non-hydrogen) atoms. The SMILES string of the molecule is CCCCCCCCCCCCCC=C[C@@H](OC(=O)c1ccccc1)[C@H](CO[C@H]1O[C@H](CO)[C@@H](O)[C@H](OC(=O)c2ccccc2)[C@@H]1OC(=O)c1ccccc1)NC(=O)CCCCCCCCCCCCCCC. The summed E-state index contributed by atoms with van der Waals surface area (Å²) in [6.07, 6.45) is 24.7. The first kappa shape index (κ1) is 60.7. The van der Waals surface area contributed by atoms with Crippen LogP contribution in [0.1, 0.15) is 212 Å². The van der Waals surface area contributed by atoms with Gasteiger partial charge in [0.05, 0.1) is 35.9 Å². The molecule has 0 saturated carbocycles. The minimum absolute atomic E-state index is 0.182. The molecule has 3 aromatic carbocycles. The van der Waals surface area contributed by atoms with Crippen LogP contribution < -0.4 is 5.32 Å². The van der Waals surface area contributed by atoms with Crippen LogP contribution in [-0.4, -0.2) is 90.1 Å². The Hall–Kier alpha value is -4.88. The summed E-state index contributed by atoms with van der Waals surface area (Å²) in [4.78, 5) is 54.9. The third kappa shape index (κ3) is 24.3. The first-order valence-corrected chi connectivity index (χ1v) is 28.1. The average molecular weight is 1010 g/mol. The maximum atomic E-state index is 13.9. The molecule has 1 aliphatic rings. The Morgan fingerprint density at radius 2 is 0.973 bits per heavy atom. The Balaban J connectivity index is 1.52. The van der Waals surface area contributed by atoms with Crippen LogP contribution in [0.5, 0.6) is 0 Å². The van der Waals surface area contributed by atoms with Gasteiger partial charge in [0.15, 0.2) is 18.5 Å². The van der Waals surface area contributed by atoms with Crippen molar-refractivity contribution in [1.29, 1.82) is 0 Å².